The highest BCUT2D eigenvalue weighted by Crippen LogP contribution is 2.27. The van der Waals surface area contributed by atoms with Crippen LogP contribution in [0.15, 0.2) is 24.3 Å². The van der Waals surface area contributed by atoms with Gasteiger partial charge < -0.3 is 14.4 Å². The van der Waals surface area contributed by atoms with Crippen LogP contribution in [0.1, 0.15) is 31.2 Å². The van der Waals surface area contributed by atoms with Gasteiger partial charge in [-0.15, -0.1) is 0 Å². The maximum Gasteiger partial charge on any atom is 0.251 e. The number of carbonyl (C=O) groups excluding carboxylic acids is 1. The summed E-state index contributed by atoms with van der Waals surface area (Å²) in [6.07, 6.45) is 4.93. The van der Waals surface area contributed by atoms with Crippen molar-refractivity contribution in [2.45, 2.75) is 38.2 Å². The summed E-state index contributed by atoms with van der Waals surface area (Å²) in [6, 6.07) is 8.18. The van der Waals surface area contributed by atoms with Gasteiger partial charge >= 0.3 is 0 Å². The zero-order valence-corrected chi connectivity index (χ0v) is 13.3. The molecule has 0 bridgehead atoms. The first kappa shape index (κ1) is 15.3. The fourth-order valence-electron chi connectivity index (χ4n) is 3.59. The lowest BCUT2D eigenvalue weighted by molar-refractivity contribution is -0.142. The van der Waals surface area contributed by atoms with Crippen LogP contribution in [0.3, 0.4) is 0 Å². The molecule has 3 rings (SSSR count). The number of rotatable bonds is 4. The third kappa shape index (κ3) is 3.43. The number of ether oxygens (including phenoxy) is 2. The summed E-state index contributed by atoms with van der Waals surface area (Å²) < 4.78 is 11.0. The Balaban J connectivity index is 1.61. The molecule has 0 aromatic heterocycles. The van der Waals surface area contributed by atoms with Crippen molar-refractivity contribution in [3.8, 4) is 5.75 Å². The zero-order chi connectivity index (χ0) is 15.4. The number of hydrogen-bond donors (Lipinski definition) is 0. The Kier molecular flexibility index (Phi) is 4.98. The lowest BCUT2D eigenvalue weighted by atomic mass is 9.90. The fourth-order valence-corrected chi connectivity index (χ4v) is 3.59. The van der Waals surface area contributed by atoms with Gasteiger partial charge in [0, 0.05) is 19.7 Å². The van der Waals surface area contributed by atoms with E-state index < -0.39 is 0 Å². The molecule has 1 aromatic rings. The molecule has 2 atom stereocenters. The van der Waals surface area contributed by atoms with Gasteiger partial charge in [0.2, 0.25) is 0 Å². The molecule has 2 heterocycles. The van der Waals surface area contributed by atoms with Crippen LogP contribution in [0.5, 0.6) is 5.75 Å². The van der Waals surface area contributed by atoms with Gasteiger partial charge in [-0.05, 0) is 49.7 Å². The van der Waals surface area contributed by atoms with E-state index in [9.17, 15) is 4.79 Å². The molecular weight excluding hydrogens is 278 g/mol. The second kappa shape index (κ2) is 7.14. The predicted molar refractivity (Wildman–Crippen MR) is 85.0 cm³/mol. The minimum Gasteiger partial charge on any atom is -0.496 e. The Morgan fingerprint density at radius 3 is 2.95 bits per heavy atom. The molecule has 22 heavy (non-hydrogen) atoms. The number of amides is 1. The number of hydrogen-bond acceptors (Lipinski definition) is 3. The third-order valence-electron chi connectivity index (χ3n) is 4.74. The maximum absolute atomic E-state index is 12.5. The normalized spacial score (nSPS) is 25.2. The predicted octanol–water partition coefficient (Wildman–Crippen LogP) is 2.66. The molecule has 2 saturated heterocycles. The highest BCUT2D eigenvalue weighted by Gasteiger charge is 2.31. The molecule has 0 aliphatic carbocycles. The van der Waals surface area contributed by atoms with Gasteiger partial charge in [-0.3, -0.25) is 4.79 Å². The molecule has 2 fully saturated rings. The summed E-state index contributed by atoms with van der Waals surface area (Å²) in [6.45, 7) is 2.45. The Bertz CT molecular complexity index is 511. The summed E-state index contributed by atoms with van der Waals surface area (Å²) in [7, 11) is 1.72. The molecule has 2 unspecified atom stereocenters. The Hall–Kier alpha value is -1.55. The first-order valence-corrected chi connectivity index (χ1v) is 8.30. The summed E-state index contributed by atoms with van der Waals surface area (Å²) in [5.41, 5.74) is 1.24. The van der Waals surface area contributed by atoms with Gasteiger partial charge in [0.1, 0.15) is 11.9 Å². The summed E-state index contributed by atoms with van der Waals surface area (Å²) in [4.78, 5) is 14.5. The minimum atomic E-state index is -0.190. The molecule has 4 nitrogen and oxygen atoms in total. The molecule has 120 valence electrons. The average Bonchev–Trinajstić information content (AvgIpc) is 3.09. The third-order valence-corrected chi connectivity index (χ3v) is 4.74. The summed E-state index contributed by atoms with van der Waals surface area (Å²) in [5, 5.41) is 0. The fraction of sp³-hybridized carbons (Fsp3) is 0.611. The molecule has 0 N–H and O–H groups in total. The van der Waals surface area contributed by atoms with Crippen LogP contribution >= 0.6 is 0 Å². The molecule has 0 radical (unpaired) electrons. The quantitative estimate of drug-likeness (QED) is 0.858. The molecule has 0 spiro atoms. The van der Waals surface area contributed by atoms with E-state index in [-0.39, 0.29) is 12.0 Å². The van der Waals surface area contributed by atoms with Gasteiger partial charge in [-0.2, -0.15) is 0 Å². The van der Waals surface area contributed by atoms with Gasteiger partial charge in [0.05, 0.1) is 7.11 Å². The van der Waals surface area contributed by atoms with Gasteiger partial charge in [-0.1, -0.05) is 18.2 Å². The average molecular weight is 303 g/mol. The van der Waals surface area contributed by atoms with E-state index in [1.54, 1.807) is 7.11 Å². The van der Waals surface area contributed by atoms with E-state index in [0.717, 1.165) is 51.1 Å². The second-order valence-electron chi connectivity index (χ2n) is 6.31. The number of para-hydroxylation sites is 1. The Morgan fingerprint density at radius 1 is 1.32 bits per heavy atom. The van der Waals surface area contributed by atoms with Crippen molar-refractivity contribution in [1.29, 1.82) is 0 Å². The van der Waals surface area contributed by atoms with Crippen molar-refractivity contribution in [2.75, 3.05) is 26.8 Å². The highest BCUT2D eigenvalue weighted by molar-refractivity contribution is 5.81. The van der Waals surface area contributed by atoms with E-state index in [2.05, 4.69) is 12.1 Å². The van der Waals surface area contributed by atoms with Crippen LogP contribution < -0.4 is 4.74 Å². The first-order chi connectivity index (χ1) is 10.8. The molecular formula is C18H25NO3. The van der Waals surface area contributed by atoms with Crippen molar-refractivity contribution in [3.63, 3.8) is 0 Å². The largest absolute Gasteiger partial charge is 0.496 e. The monoisotopic (exact) mass is 303 g/mol. The number of benzene rings is 1. The Morgan fingerprint density at radius 2 is 2.18 bits per heavy atom. The van der Waals surface area contributed by atoms with Crippen molar-refractivity contribution >= 4 is 5.91 Å². The van der Waals surface area contributed by atoms with Crippen LogP contribution in [-0.2, 0) is 16.0 Å². The first-order valence-electron chi connectivity index (χ1n) is 8.30. The summed E-state index contributed by atoms with van der Waals surface area (Å²) in [5.74, 6) is 1.66. The van der Waals surface area contributed by atoms with Gasteiger partial charge in [0.25, 0.3) is 5.91 Å². The van der Waals surface area contributed by atoms with E-state index in [0.29, 0.717) is 5.92 Å². The number of likely N-dealkylation sites (tertiary alicyclic amines) is 1. The van der Waals surface area contributed by atoms with Crippen molar-refractivity contribution in [2.24, 2.45) is 5.92 Å². The molecule has 0 saturated carbocycles. The van der Waals surface area contributed by atoms with Crippen molar-refractivity contribution < 1.29 is 14.3 Å². The van der Waals surface area contributed by atoms with Crippen LogP contribution in [0.25, 0.3) is 0 Å². The van der Waals surface area contributed by atoms with E-state index in [1.807, 2.05) is 17.0 Å². The van der Waals surface area contributed by atoms with Crippen molar-refractivity contribution in [1.82, 2.24) is 4.90 Å². The molecule has 4 heteroatoms. The lowest BCUT2D eigenvalue weighted by Gasteiger charge is -2.34. The van der Waals surface area contributed by atoms with E-state index >= 15 is 0 Å². The minimum absolute atomic E-state index is 0.190. The standard InChI is InChI=1S/C18H25NO3/c1-21-16-8-3-2-7-15(16)12-14-6-4-10-19(13-14)18(20)17-9-5-11-22-17/h2-3,7-8,14,17H,4-6,9-13H2,1H3. The van der Waals surface area contributed by atoms with Crippen molar-refractivity contribution in [3.05, 3.63) is 29.8 Å². The lowest BCUT2D eigenvalue weighted by Crippen LogP contribution is -2.45. The number of piperidine rings is 1. The maximum atomic E-state index is 12.5. The smallest absolute Gasteiger partial charge is 0.251 e. The van der Waals surface area contributed by atoms with Crippen LogP contribution in [-0.4, -0.2) is 43.7 Å². The zero-order valence-electron chi connectivity index (χ0n) is 13.3. The second-order valence-corrected chi connectivity index (χ2v) is 6.31. The Labute approximate surface area is 132 Å². The summed E-state index contributed by atoms with van der Waals surface area (Å²) >= 11 is 0. The molecule has 1 aromatic carbocycles. The topological polar surface area (TPSA) is 38.8 Å². The van der Waals surface area contributed by atoms with Crippen LogP contribution in [0.4, 0.5) is 0 Å². The van der Waals surface area contributed by atoms with Crippen LogP contribution in [0, 0.1) is 5.92 Å². The SMILES string of the molecule is COc1ccccc1CC1CCCN(C(=O)C2CCCO2)C1. The number of methoxy groups -OCH3 is 1. The van der Waals surface area contributed by atoms with Crippen LogP contribution in [0.2, 0.25) is 0 Å². The number of carbonyl (C=O) groups is 1. The number of nitrogens with zero attached hydrogens (tertiary/aromatic N) is 1. The molecule has 2 aliphatic rings. The van der Waals surface area contributed by atoms with Gasteiger partial charge in [-0.25, -0.2) is 0 Å². The van der Waals surface area contributed by atoms with E-state index in [1.165, 1.54) is 12.0 Å². The molecule has 1 amide bonds. The van der Waals surface area contributed by atoms with E-state index in [4.69, 9.17) is 9.47 Å². The van der Waals surface area contributed by atoms with Gasteiger partial charge in [0.15, 0.2) is 0 Å². The molecule has 2 aliphatic heterocycles. The highest BCUT2D eigenvalue weighted by atomic mass is 16.5.